The predicted octanol–water partition coefficient (Wildman–Crippen LogP) is 2.26. The molecular formula is C14H6Cl2O8S2. The maximum atomic E-state index is 12.8. The van der Waals surface area contributed by atoms with Crippen molar-refractivity contribution in [1.82, 2.24) is 0 Å². The van der Waals surface area contributed by atoms with Crippen molar-refractivity contribution in [2.45, 2.75) is 9.79 Å². The number of ketones is 2. The Hall–Kier alpha value is -1.82. The Labute approximate surface area is 156 Å². The topological polar surface area (TPSA) is 143 Å². The van der Waals surface area contributed by atoms with Crippen molar-refractivity contribution in [3.63, 3.8) is 0 Å². The molecule has 2 N–H and O–H groups in total. The monoisotopic (exact) mass is 436 g/mol. The summed E-state index contributed by atoms with van der Waals surface area (Å²) in [7, 11) is -10.8. The van der Waals surface area contributed by atoms with Crippen LogP contribution in [0.1, 0.15) is 31.8 Å². The number of benzene rings is 2. The SMILES string of the molecule is O=C1c2ccccc2C(=O)c2c1c(Cl)c(Cl)c(S(=O)(=O)O)c2S(=O)(=O)O. The third-order valence-electron chi connectivity index (χ3n) is 3.68. The highest BCUT2D eigenvalue weighted by Gasteiger charge is 2.42. The average molecular weight is 437 g/mol. The van der Waals surface area contributed by atoms with Crippen LogP contribution in [0.5, 0.6) is 0 Å². The fourth-order valence-corrected chi connectivity index (χ4v) is 5.65. The molecule has 0 heterocycles. The molecule has 1 aliphatic rings. The summed E-state index contributed by atoms with van der Waals surface area (Å²) < 4.78 is 65.7. The van der Waals surface area contributed by atoms with Crippen LogP contribution in [0.25, 0.3) is 0 Å². The second-order valence-electron chi connectivity index (χ2n) is 5.19. The molecule has 136 valence electrons. The average Bonchev–Trinajstić information content (AvgIpc) is 2.52. The molecule has 0 radical (unpaired) electrons. The molecule has 2 aromatic carbocycles. The van der Waals surface area contributed by atoms with Crippen LogP contribution in [0, 0.1) is 0 Å². The molecule has 0 atom stereocenters. The van der Waals surface area contributed by atoms with Gasteiger partial charge in [-0.3, -0.25) is 18.7 Å². The minimum Gasteiger partial charge on any atom is -0.289 e. The van der Waals surface area contributed by atoms with Gasteiger partial charge in [0.25, 0.3) is 20.2 Å². The molecule has 0 bridgehead atoms. The van der Waals surface area contributed by atoms with E-state index in [1.54, 1.807) is 0 Å². The highest BCUT2D eigenvalue weighted by atomic mass is 35.5. The molecule has 12 heteroatoms. The molecule has 0 amide bonds. The molecule has 26 heavy (non-hydrogen) atoms. The summed E-state index contributed by atoms with van der Waals surface area (Å²) >= 11 is 11.7. The third-order valence-corrected chi connectivity index (χ3v) is 6.62. The quantitative estimate of drug-likeness (QED) is 0.582. The molecule has 0 aromatic heterocycles. The Bertz CT molecular complexity index is 1230. The molecular weight excluding hydrogens is 431 g/mol. The summed E-state index contributed by atoms with van der Waals surface area (Å²) in [5, 5.41) is -1.75. The van der Waals surface area contributed by atoms with Crippen LogP contribution < -0.4 is 0 Å². The van der Waals surface area contributed by atoms with Crippen molar-refractivity contribution in [3.8, 4) is 0 Å². The number of carbonyl (C=O) groups is 2. The lowest BCUT2D eigenvalue weighted by Crippen LogP contribution is -2.26. The number of fused-ring (bicyclic) bond motifs is 2. The van der Waals surface area contributed by atoms with Gasteiger partial charge in [-0.2, -0.15) is 16.8 Å². The van der Waals surface area contributed by atoms with Gasteiger partial charge in [0, 0.05) is 11.1 Å². The van der Waals surface area contributed by atoms with Gasteiger partial charge < -0.3 is 0 Å². The van der Waals surface area contributed by atoms with Gasteiger partial charge in [-0.15, -0.1) is 0 Å². The van der Waals surface area contributed by atoms with Gasteiger partial charge in [-0.25, -0.2) is 0 Å². The predicted molar refractivity (Wildman–Crippen MR) is 89.4 cm³/mol. The van der Waals surface area contributed by atoms with Gasteiger partial charge >= 0.3 is 0 Å². The second-order valence-corrected chi connectivity index (χ2v) is 8.66. The van der Waals surface area contributed by atoms with Crippen LogP contribution in [0.2, 0.25) is 10.0 Å². The maximum Gasteiger partial charge on any atom is 0.297 e. The Morgan fingerprint density at radius 1 is 0.692 bits per heavy atom. The molecule has 2 aromatic rings. The van der Waals surface area contributed by atoms with Gasteiger partial charge in [0.15, 0.2) is 11.6 Å². The summed E-state index contributed by atoms with van der Waals surface area (Å²) in [6.45, 7) is 0. The van der Waals surface area contributed by atoms with Crippen LogP contribution in [0.3, 0.4) is 0 Å². The van der Waals surface area contributed by atoms with Crippen molar-refractivity contribution >= 4 is 55.0 Å². The van der Waals surface area contributed by atoms with E-state index in [-0.39, 0.29) is 11.1 Å². The van der Waals surface area contributed by atoms with E-state index in [1.165, 1.54) is 24.3 Å². The summed E-state index contributed by atoms with van der Waals surface area (Å²) in [6, 6.07) is 5.33. The van der Waals surface area contributed by atoms with Crippen molar-refractivity contribution in [3.05, 3.63) is 56.6 Å². The summed E-state index contributed by atoms with van der Waals surface area (Å²) in [6.07, 6.45) is 0. The zero-order chi connectivity index (χ0) is 19.6. The van der Waals surface area contributed by atoms with Crippen LogP contribution in [-0.4, -0.2) is 37.5 Å². The van der Waals surface area contributed by atoms with Gasteiger partial charge in [-0.05, 0) is 0 Å². The smallest absolute Gasteiger partial charge is 0.289 e. The first kappa shape index (κ1) is 19.0. The first-order valence-electron chi connectivity index (χ1n) is 6.55. The zero-order valence-electron chi connectivity index (χ0n) is 12.2. The maximum absolute atomic E-state index is 12.8. The summed E-state index contributed by atoms with van der Waals surface area (Å²) in [5.74, 6) is -1.97. The minimum atomic E-state index is -5.41. The number of hydrogen-bond acceptors (Lipinski definition) is 6. The standard InChI is InChI=1S/C14H6Cl2O8S2/c15-9-7-8(12(18)6-4-2-1-3-5(6)11(7)17)13(25(19,20)21)14(10(9)16)26(22,23)24/h1-4H,(H,19,20,21)(H,22,23,24). The normalized spacial score (nSPS) is 14.2. The van der Waals surface area contributed by atoms with Crippen LogP contribution in [0.15, 0.2) is 34.1 Å². The van der Waals surface area contributed by atoms with E-state index < -0.39 is 62.8 Å². The second kappa shape index (κ2) is 5.84. The van der Waals surface area contributed by atoms with Gasteiger partial charge in [0.1, 0.15) is 9.79 Å². The van der Waals surface area contributed by atoms with Crippen molar-refractivity contribution in [2.24, 2.45) is 0 Å². The largest absolute Gasteiger partial charge is 0.297 e. The minimum absolute atomic E-state index is 0.108. The molecule has 1 aliphatic carbocycles. The van der Waals surface area contributed by atoms with E-state index >= 15 is 0 Å². The van der Waals surface area contributed by atoms with E-state index in [1.807, 2.05) is 0 Å². The molecule has 0 saturated carbocycles. The Morgan fingerprint density at radius 2 is 1.12 bits per heavy atom. The van der Waals surface area contributed by atoms with Crippen LogP contribution in [-0.2, 0) is 20.2 Å². The van der Waals surface area contributed by atoms with E-state index in [9.17, 15) is 35.5 Å². The Kier molecular flexibility index (Phi) is 4.26. The first-order valence-corrected chi connectivity index (χ1v) is 10.2. The molecule has 0 saturated heterocycles. The van der Waals surface area contributed by atoms with Gasteiger partial charge in [0.05, 0.1) is 21.2 Å². The number of carbonyl (C=O) groups excluding carboxylic acids is 2. The fraction of sp³-hybridized carbons (Fsp3) is 0. The van der Waals surface area contributed by atoms with E-state index in [0.717, 1.165) is 0 Å². The Balaban J connectivity index is 2.65. The van der Waals surface area contributed by atoms with E-state index in [4.69, 9.17) is 23.2 Å². The van der Waals surface area contributed by atoms with Crippen molar-refractivity contribution in [2.75, 3.05) is 0 Å². The number of hydrogen-bond donors (Lipinski definition) is 2. The fourth-order valence-electron chi connectivity index (χ4n) is 2.70. The van der Waals surface area contributed by atoms with Gasteiger partial charge in [-0.1, -0.05) is 47.5 Å². The zero-order valence-corrected chi connectivity index (χ0v) is 15.4. The lowest BCUT2D eigenvalue weighted by Gasteiger charge is -2.22. The molecule has 0 aliphatic heterocycles. The first-order chi connectivity index (χ1) is 11.9. The number of halogens is 2. The third kappa shape index (κ3) is 2.66. The highest BCUT2D eigenvalue weighted by Crippen LogP contribution is 2.44. The lowest BCUT2D eigenvalue weighted by molar-refractivity contribution is 0.0976. The molecule has 0 fully saturated rings. The summed E-state index contributed by atoms with van der Waals surface area (Å²) in [5.41, 5.74) is -1.99. The number of rotatable bonds is 2. The molecule has 0 spiro atoms. The van der Waals surface area contributed by atoms with E-state index in [0.29, 0.717) is 0 Å². The summed E-state index contributed by atoms with van der Waals surface area (Å²) in [4.78, 5) is 22.5. The lowest BCUT2D eigenvalue weighted by atomic mass is 9.84. The van der Waals surface area contributed by atoms with Crippen LogP contribution >= 0.6 is 23.2 Å². The molecule has 8 nitrogen and oxygen atoms in total. The van der Waals surface area contributed by atoms with E-state index in [2.05, 4.69) is 0 Å². The Morgan fingerprint density at radius 3 is 1.54 bits per heavy atom. The van der Waals surface area contributed by atoms with Crippen LogP contribution in [0.4, 0.5) is 0 Å². The van der Waals surface area contributed by atoms with Crippen molar-refractivity contribution in [1.29, 1.82) is 0 Å². The van der Waals surface area contributed by atoms with Crippen molar-refractivity contribution < 1.29 is 35.5 Å². The molecule has 3 rings (SSSR count). The highest BCUT2D eigenvalue weighted by molar-refractivity contribution is 7.89. The van der Waals surface area contributed by atoms with Gasteiger partial charge in [0.2, 0.25) is 0 Å². The molecule has 0 unspecified atom stereocenters.